The molecule has 8 nitrogen and oxygen atoms in total. The van der Waals surface area contributed by atoms with E-state index in [1.807, 2.05) is 31.2 Å². The summed E-state index contributed by atoms with van der Waals surface area (Å²) < 4.78 is 4.96. The molecule has 1 amide bonds. The standard InChI is InChI=1S/C19H21N3O5/c1-13-6-4-5-7-15(13)11-20-18(23)12-27-19(24)14-8-9-16(21(2)3)17(10-14)22(25)26/h4-10H,11-12H2,1-3H3,(H,20,23). The summed E-state index contributed by atoms with van der Waals surface area (Å²) in [5.74, 6) is -1.25. The minimum atomic E-state index is -0.797. The van der Waals surface area contributed by atoms with Gasteiger partial charge in [-0.15, -0.1) is 0 Å². The van der Waals surface area contributed by atoms with Crippen LogP contribution in [0.25, 0.3) is 0 Å². The number of hydrogen-bond acceptors (Lipinski definition) is 6. The predicted octanol–water partition coefficient (Wildman–Crippen LogP) is 2.44. The van der Waals surface area contributed by atoms with Gasteiger partial charge in [0, 0.05) is 26.7 Å². The highest BCUT2D eigenvalue weighted by Gasteiger charge is 2.20. The van der Waals surface area contributed by atoms with Crippen molar-refractivity contribution in [2.75, 3.05) is 25.6 Å². The molecule has 0 aliphatic carbocycles. The number of ether oxygens (including phenoxy) is 1. The molecule has 0 saturated carbocycles. The van der Waals surface area contributed by atoms with Crippen LogP contribution in [0.4, 0.5) is 11.4 Å². The lowest BCUT2D eigenvalue weighted by Crippen LogP contribution is -2.28. The number of hydrogen-bond donors (Lipinski definition) is 1. The summed E-state index contributed by atoms with van der Waals surface area (Å²) >= 11 is 0. The zero-order valence-electron chi connectivity index (χ0n) is 15.4. The van der Waals surface area contributed by atoms with E-state index in [1.54, 1.807) is 19.0 Å². The molecule has 0 aromatic heterocycles. The number of nitro benzene ring substituents is 1. The quantitative estimate of drug-likeness (QED) is 0.456. The average molecular weight is 371 g/mol. The van der Waals surface area contributed by atoms with Crippen LogP contribution < -0.4 is 10.2 Å². The Kier molecular flexibility index (Phi) is 6.48. The number of nitrogens with one attached hydrogen (secondary N) is 1. The molecule has 0 saturated heterocycles. The molecular weight excluding hydrogens is 350 g/mol. The van der Waals surface area contributed by atoms with Crippen molar-refractivity contribution in [2.24, 2.45) is 0 Å². The second-order valence-corrected chi connectivity index (χ2v) is 6.13. The Labute approximate surface area is 156 Å². The lowest BCUT2D eigenvalue weighted by atomic mass is 10.1. The molecule has 2 aromatic carbocycles. The van der Waals surface area contributed by atoms with Gasteiger partial charge in [-0.05, 0) is 30.2 Å². The minimum absolute atomic E-state index is 0.0130. The van der Waals surface area contributed by atoms with Crippen LogP contribution >= 0.6 is 0 Å². The number of anilines is 1. The largest absolute Gasteiger partial charge is 0.452 e. The van der Waals surface area contributed by atoms with Gasteiger partial charge in [-0.3, -0.25) is 14.9 Å². The molecule has 1 N–H and O–H groups in total. The molecule has 27 heavy (non-hydrogen) atoms. The van der Waals surface area contributed by atoms with E-state index in [-0.39, 0.29) is 11.3 Å². The van der Waals surface area contributed by atoms with Gasteiger partial charge in [0.15, 0.2) is 6.61 Å². The number of esters is 1. The van der Waals surface area contributed by atoms with E-state index in [0.717, 1.165) is 17.2 Å². The topological polar surface area (TPSA) is 102 Å². The van der Waals surface area contributed by atoms with Crippen molar-refractivity contribution in [2.45, 2.75) is 13.5 Å². The van der Waals surface area contributed by atoms with Gasteiger partial charge in [-0.1, -0.05) is 24.3 Å². The fourth-order valence-electron chi connectivity index (χ4n) is 2.44. The summed E-state index contributed by atoms with van der Waals surface area (Å²) in [6.07, 6.45) is 0. The maximum absolute atomic E-state index is 12.1. The van der Waals surface area contributed by atoms with Crippen LogP contribution in [0.5, 0.6) is 0 Å². The molecule has 2 aromatic rings. The molecule has 0 fully saturated rings. The monoisotopic (exact) mass is 371 g/mol. The summed E-state index contributed by atoms with van der Waals surface area (Å²) in [6.45, 7) is 1.80. The molecule has 142 valence electrons. The third-order valence-corrected chi connectivity index (χ3v) is 3.96. The van der Waals surface area contributed by atoms with Gasteiger partial charge >= 0.3 is 5.97 Å². The lowest BCUT2D eigenvalue weighted by Gasteiger charge is -2.13. The Morgan fingerprint density at radius 1 is 1.19 bits per heavy atom. The molecule has 2 rings (SSSR count). The molecule has 0 aliphatic rings. The van der Waals surface area contributed by atoms with Crippen LogP contribution in [0.1, 0.15) is 21.5 Å². The summed E-state index contributed by atoms with van der Waals surface area (Å²) in [7, 11) is 3.33. The molecule has 0 radical (unpaired) electrons. The summed E-state index contributed by atoms with van der Waals surface area (Å²) in [5.41, 5.74) is 2.18. The Hall–Kier alpha value is -3.42. The van der Waals surface area contributed by atoms with Crippen LogP contribution in [-0.4, -0.2) is 37.5 Å². The lowest BCUT2D eigenvalue weighted by molar-refractivity contribution is -0.384. The van der Waals surface area contributed by atoms with Crippen LogP contribution in [-0.2, 0) is 16.1 Å². The number of carbonyl (C=O) groups excluding carboxylic acids is 2. The van der Waals surface area contributed by atoms with Crippen molar-refractivity contribution >= 4 is 23.3 Å². The summed E-state index contributed by atoms with van der Waals surface area (Å²) in [4.78, 5) is 36.2. The number of nitrogens with zero attached hydrogens (tertiary/aromatic N) is 2. The van der Waals surface area contributed by atoms with Gasteiger partial charge in [0.1, 0.15) is 5.69 Å². The average Bonchev–Trinajstić information content (AvgIpc) is 2.64. The number of amides is 1. The van der Waals surface area contributed by atoms with Gasteiger partial charge in [-0.2, -0.15) is 0 Å². The van der Waals surface area contributed by atoms with Crippen molar-refractivity contribution in [3.8, 4) is 0 Å². The van der Waals surface area contributed by atoms with E-state index in [1.165, 1.54) is 12.1 Å². The zero-order valence-corrected chi connectivity index (χ0v) is 15.4. The minimum Gasteiger partial charge on any atom is -0.452 e. The predicted molar refractivity (Wildman–Crippen MR) is 101 cm³/mol. The summed E-state index contributed by atoms with van der Waals surface area (Å²) in [6, 6.07) is 11.6. The van der Waals surface area contributed by atoms with E-state index in [9.17, 15) is 19.7 Å². The van der Waals surface area contributed by atoms with Crippen molar-refractivity contribution in [1.29, 1.82) is 0 Å². The van der Waals surface area contributed by atoms with Crippen LogP contribution in [0.15, 0.2) is 42.5 Å². The van der Waals surface area contributed by atoms with Gasteiger partial charge < -0.3 is 15.0 Å². The first-order valence-corrected chi connectivity index (χ1v) is 8.23. The number of carbonyl (C=O) groups is 2. The third kappa shape index (κ3) is 5.27. The Balaban J connectivity index is 1.95. The van der Waals surface area contributed by atoms with Crippen LogP contribution in [0, 0.1) is 17.0 Å². The number of rotatable bonds is 7. The molecule has 0 atom stereocenters. The molecule has 8 heteroatoms. The van der Waals surface area contributed by atoms with Crippen molar-refractivity contribution in [3.63, 3.8) is 0 Å². The highest BCUT2D eigenvalue weighted by atomic mass is 16.6. The van der Waals surface area contributed by atoms with Crippen molar-refractivity contribution in [1.82, 2.24) is 5.32 Å². The van der Waals surface area contributed by atoms with Gasteiger partial charge in [0.05, 0.1) is 10.5 Å². The van der Waals surface area contributed by atoms with E-state index in [0.29, 0.717) is 12.2 Å². The highest BCUT2D eigenvalue weighted by Crippen LogP contribution is 2.27. The zero-order chi connectivity index (χ0) is 20.0. The summed E-state index contributed by atoms with van der Waals surface area (Å²) in [5, 5.41) is 13.8. The van der Waals surface area contributed by atoms with E-state index in [4.69, 9.17) is 4.74 Å². The maximum atomic E-state index is 12.1. The SMILES string of the molecule is Cc1ccccc1CNC(=O)COC(=O)c1ccc(N(C)C)c([N+](=O)[O-])c1. The molecular formula is C19H21N3O5. The second-order valence-electron chi connectivity index (χ2n) is 6.13. The molecule has 0 aliphatic heterocycles. The second kappa shape index (κ2) is 8.79. The molecule has 0 spiro atoms. The number of aryl methyl sites for hydroxylation is 1. The fraction of sp³-hybridized carbons (Fsp3) is 0.263. The Bertz CT molecular complexity index is 864. The fourth-order valence-corrected chi connectivity index (χ4v) is 2.44. The van der Waals surface area contributed by atoms with Crippen LogP contribution in [0.3, 0.4) is 0 Å². The molecule has 0 heterocycles. The van der Waals surface area contributed by atoms with Gasteiger partial charge in [-0.25, -0.2) is 4.79 Å². The molecule has 0 unspecified atom stereocenters. The third-order valence-electron chi connectivity index (χ3n) is 3.96. The van der Waals surface area contributed by atoms with Crippen molar-refractivity contribution < 1.29 is 19.2 Å². The Morgan fingerprint density at radius 2 is 1.89 bits per heavy atom. The Morgan fingerprint density at radius 3 is 2.52 bits per heavy atom. The first-order valence-electron chi connectivity index (χ1n) is 8.23. The number of benzene rings is 2. The van der Waals surface area contributed by atoms with E-state index in [2.05, 4.69) is 5.32 Å². The maximum Gasteiger partial charge on any atom is 0.338 e. The van der Waals surface area contributed by atoms with Gasteiger partial charge in [0.2, 0.25) is 0 Å². The van der Waals surface area contributed by atoms with Crippen LogP contribution in [0.2, 0.25) is 0 Å². The highest BCUT2D eigenvalue weighted by molar-refractivity contribution is 5.93. The smallest absolute Gasteiger partial charge is 0.338 e. The first kappa shape index (κ1) is 19.9. The number of nitro groups is 1. The van der Waals surface area contributed by atoms with E-state index >= 15 is 0 Å². The van der Waals surface area contributed by atoms with E-state index < -0.39 is 23.4 Å². The first-order chi connectivity index (χ1) is 12.8. The van der Waals surface area contributed by atoms with Gasteiger partial charge in [0.25, 0.3) is 11.6 Å². The molecule has 0 bridgehead atoms. The normalized spacial score (nSPS) is 10.2. The van der Waals surface area contributed by atoms with Crippen molar-refractivity contribution in [3.05, 3.63) is 69.3 Å².